The minimum absolute atomic E-state index is 0.178. The molecule has 1 aromatic rings. The van der Waals surface area contributed by atoms with E-state index in [1.165, 1.54) is 6.08 Å². The normalized spacial score (nSPS) is 13.9. The molecule has 2 rings (SSSR count). The smallest absolute Gasteiger partial charge is 0.247 e. The summed E-state index contributed by atoms with van der Waals surface area (Å²) in [5.74, 6) is -0.0468. The third-order valence-corrected chi connectivity index (χ3v) is 3.18. The standard InChI is InChI=1S/C15H18N2O2/c1-3-9-17-13-7-6-12(16-14(18)4-2)10-11(13)5-8-15(17)19/h4,6-7,10H,2-3,5,8-9H2,1H3,(H,16,18). The molecule has 0 aromatic heterocycles. The van der Waals surface area contributed by atoms with Gasteiger partial charge in [-0.1, -0.05) is 13.5 Å². The zero-order valence-corrected chi connectivity index (χ0v) is 11.1. The highest BCUT2D eigenvalue weighted by Crippen LogP contribution is 2.30. The number of nitrogens with one attached hydrogen (secondary N) is 1. The third-order valence-electron chi connectivity index (χ3n) is 3.18. The molecule has 0 radical (unpaired) electrons. The summed E-state index contributed by atoms with van der Waals surface area (Å²) < 4.78 is 0. The summed E-state index contributed by atoms with van der Waals surface area (Å²) in [7, 11) is 0. The van der Waals surface area contributed by atoms with Crippen molar-refractivity contribution in [2.45, 2.75) is 26.2 Å². The molecular weight excluding hydrogens is 240 g/mol. The van der Waals surface area contributed by atoms with Gasteiger partial charge in [-0.05, 0) is 42.7 Å². The highest BCUT2D eigenvalue weighted by molar-refractivity contribution is 6.00. The third kappa shape index (κ3) is 2.84. The van der Waals surface area contributed by atoms with Crippen LogP contribution in [0.5, 0.6) is 0 Å². The monoisotopic (exact) mass is 258 g/mol. The molecule has 0 spiro atoms. The first-order chi connectivity index (χ1) is 9.15. The van der Waals surface area contributed by atoms with Crippen LogP contribution in [0.3, 0.4) is 0 Å². The van der Waals surface area contributed by atoms with Gasteiger partial charge in [-0.2, -0.15) is 0 Å². The second-order valence-corrected chi connectivity index (χ2v) is 4.58. The molecule has 100 valence electrons. The second-order valence-electron chi connectivity index (χ2n) is 4.58. The van der Waals surface area contributed by atoms with Gasteiger partial charge in [-0.3, -0.25) is 9.59 Å². The van der Waals surface area contributed by atoms with E-state index < -0.39 is 0 Å². The molecule has 4 heteroatoms. The van der Waals surface area contributed by atoms with Gasteiger partial charge in [0.2, 0.25) is 11.8 Å². The van der Waals surface area contributed by atoms with Gasteiger partial charge in [0.05, 0.1) is 0 Å². The fourth-order valence-electron chi connectivity index (χ4n) is 2.30. The van der Waals surface area contributed by atoms with Gasteiger partial charge in [0.25, 0.3) is 0 Å². The predicted octanol–water partition coefficient (Wildman–Crippen LogP) is 2.50. The number of hydrogen-bond donors (Lipinski definition) is 1. The number of amides is 2. The molecule has 0 atom stereocenters. The largest absolute Gasteiger partial charge is 0.323 e. The summed E-state index contributed by atoms with van der Waals surface area (Å²) in [5, 5.41) is 2.74. The number of carbonyl (C=O) groups excluding carboxylic acids is 2. The van der Waals surface area contributed by atoms with E-state index in [0.29, 0.717) is 6.42 Å². The topological polar surface area (TPSA) is 49.4 Å². The lowest BCUT2D eigenvalue weighted by molar-refractivity contribution is -0.119. The molecule has 1 aliphatic rings. The molecule has 1 N–H and O–H groups in total. The molecule has 19 heavy (non-hydrogen) atoms. The molecule has 1 aromatic carbocycles. The van der Waals surface area contributed by atoms with Crippen LogP contribution in [0, 0.1) is 0 Å². The van der Waals surface area contributed by atoms with Crippen LogP contribution >= 0.6 is 0 Å². The number of aryl methyl sites for hydroxylation is 1. The summed E-state index contributed by atoms with van der Waals surface area (Å²) in [6.07, 6.45) is 3.44. The summed E-state index contributed by atoms with van der Waals surface area (Å²) in [4.78, 5) is 25.0. The van der Waals surface area contributed by atoms with Crippen LogP contribution in [-0.2, 0) is 16.0 Å². The summed E-state index contributed by atoms with van der Waals surface area (Å²) >= 11 is 0. The van der Waals surface area contributed by atoms with Gasteiger partial charge in [0.1, 0.15) is 0 Å². The van der Waals surface area contributed by atoms with E-state index in [4.69, 9.17) is 0 Å². The Morgan fingerprint density at radius 2 is 2.26 bits per heavy atom. The van der Waals surface area contributed by atoms with E-state index >= 15 is 0 Å². The Morgan fingerprint density at radius 3 is 2.95 bits per heavy atom. The Balaban J connectivity index is 2.28. The number of hydrogen-bond acceptors (Lipinski definition) is 2. The molecule has 1 aliphatic heterocycles. The number of carbonyl (C=O) groups is 2. The maximum absolute atomic E-state index is 11.9. The molecule has 0 saturated heterocycles. The van der Waals surface area contributed by atoms with Crippen LogP contribution < -0.4 is 10.2 Å². The van der Waals surface area contributed by atoms with Crippen molar-refractivity contribution in [1.82, 2.24) is 0 Å². The molecule has 4 nitrogen and oxygen atoms in total. The average molecular weight is 258 g/mol. The molecule has 0 unspecified atom stereocenters. The van der Waals surface area contributed by atoms with Gasteiger partial charge < -0.3 is 10.2 Å². The van der Waals surface area contributed by atoms with Crippen molar-refractivity contribution in [3.63, 3.8) is 0 Å². The van der Waals surface area contributed by atoms with Crippen LogP contribution in [-0.4, -0.2) is 18.4 Å². The Morgan fingerprint density at radius 1 is 1.47 bits per heavy atom. The van der Waals surface area contributed by atoms with Crippen molar-refractivity contribution < 1.29 is 9.59 Å². The van der Waals surface area contributed by atoms with Crippen molar-refractivity contribution >= 4 is 23.2 Å². The van der Waals surface area contributed by atoms with Crippen LogP contribution in [0.1, 0.15) is 25.3 Å². The molecule has 1 heterocycles. The van der Waals surface area contributed by atoms with E-state index in [2.05, 4.69) is 18.8 Å². The molecule has 0 aliphatic carbocycles. The Bertz CT molecular complexity index is 523. The number of fused-ring (bicyclic) bond motifs is 1. The maximum atomic E-state index is 11.9. The first kappa shape index (κ1) is 13.3. The number of anilines is 2. The van der Waals surface area contributed by atoms with E-state index in [-0.39, 0.29) is 11.8 Å². The van der Waals surface area contributed by atoms with E-state index in [1.807, 2.05) is 23.1 Å². The molecular formula is C15H18N2O2. The summed E-state index contributed by atoms with van der Waals surface area (Å²) in [6, 6.07) is 5.66. The van der Waals surface area contributed by atoms with Gasteiger partial charge in [0, 0.05) is 24.3 Å². The number of rotatable bonds is 4. The molecule has 2 amide bonds. The Kier molecular flexibility index (Phi) is 4.00. The maximum Gasteiger partial charge on any atom is 0.247 e. The quantitative estimate of drug-likeness (QED) is 0.843. The van der Waals surface area contributed by atoms with E-state index in [1.54, 1.807) is 0 Å². The second kappa shape index (κ2) is 5.69. The van der Waals surface area contributed by atoms with Crippen LogP contribution in [0.25, 0.3) is 0 Å². The summed E-state index contributed by atoms with van der Waals surface area (Å²) in [5.41, 5.74) is 2.82. The Labute approximate surface area is 113 Å². The minimum Gasteiger partial charge on any atom is -0.323 e. The lowest BCUT2D eigenvalue weighted by atomic mass is 10.00. The number of benzene rings is 1. The van der Waals surface area contributed by atoms with Gasteiger partial charge >= 0.3 is 0 Å². The first-order valence-corrected chi connectivity index (χ1v) is 6.52. The Hall–Kier alpha value is -2.10. The van der Waals surface area contributed by atoms with Crippen molar-refractivity contribution in [3.05, 3.63) is 36.4 Å². The van der Waals surface area contributed by atoms with E-state index in [9.17, 15) is 9.59 Å². The molecule has 0 saturated carbocycles. The molecule has 0 bridgehead atoms. The lowest BCUT2D eigenvalue weighted by Crippen LogP contribution is -2.35. The fourth-order valence-corrected chi connectivity index (χ4v) is 2.30. The number of nitrogens with zero attached hydrogens (tertiary/aromatic N) is 1. The van der Waals surface area contributed by atoms with Crippen molar-refractivity contribution in [2.75, 3.05) is 16.8 Å². The van der Waals surface area contributed by atoms with Crippen molar-refractivity contribution in [3.8, 4) is 0 Å². The van der Waals surface area contributed by atoms with Crippen LogP contribution in [0.4, 0.5) is 11.4 Å². The van der Waals surface area contributed by atoms with Crippen molar-refractivity contribution in [1.29, 1.82) is 0 Å². The highest BCUT2D eigenvalue weighted by atomic mass is 16.2. The van der Waals surface area contributed by atoms with Crippen LogP contribution in [0.2, 0.25) is 0 Å². The van der Waals surface area contributed by atoms with Crippen LogP contribution in [0.15, 0.2) is 30.9 Å². The van der Waals surface area contributed by atoms with Gasteiger partial charge in [-0.25, -0.2) is 0 Å². The lowest BCUT2D eigenvalue weighted by Gasteiger charge is -2.29. The predicted molar refractivity (Wildman–Crippen MR) is 76.2 cm³/mol. The zero-order valence-electron chi connectivity index (χ0n) is 11.1. The van der Waals surface area contributed by atoms with Gasteiger partial charge in [0.15, 0.2) is 0 Å². The fraction of sp³-hybridized carbons (Fsp3) is 0.333. The molecule has 0 fully saturated rings. The highest BCUT2D eigenvalue weighted by Gasteiger charge is 2.23. The minimum atomic E-state index is -0.225. The van der Waals surface area contributed by atoms with Gasteiger partial charge in [-0.15, -0.1) is 0 Å². The summed E-state index contributed by atoms with van der Waals surface area (Å²) in [6.45, 7) is 6.22. The average Bonchev–Trinajstić information content (AvgIpc) is 2.42. The SMILES string of the molecule is C=CC(=O)Nc1ccc2c(c1)CCC(=O)N2CCC. The zero-order chi connectivity index (χ0) is 13.8. The van der Waals surface area contributed by atoms with E-state index in [0.717, 1.165) is 36.3 Å². The van der Waals surface area contributed by atoms with Crippen molar-refractivity contribution in [2.24, 2.45) is 0 Å². The first-order valence-electron chi connectivity index (χ1n) is 6.52.